The monoisotopic (exact) mass is 412 g/mol. The molecule has 1 aliphatic rings. The van der Waals surface area contributed by atoms with Crippen LogP contribution in [0.5, 0.6) is 0 Å². The van der Waals surface area contributed by atoms with Gasteiger partial charge in [0.15, 0.2) is 12.4 Å². The van der Waals surface area contributed by atoms with Gasteiger partial charge in [0.25, 0.3) is 0 Å². The Bertz CT molecular complexity index is 1040. The van der Waals surface area contributed by atoms with E-state index in [1.807, 2.05) is 0 Å². The number of nitrogens with one attached hydrogen (secondary N) is 1. The predicted octanol–water partition coefficient (Wildman–Crippen LogP) is 2.76. The van der Waals surface area contributed by atoms with Gasteiger partial charge in [0.05, 0.1) is 18.1 Å². The summed E-state index contributed by atoms with van der Waals surface area (Å²) >= 11 is 0. The molecule has 1 aromatic carbocycles. The molecule has 2 aromatic rings. The Balaban J connectivity index is 1.62. The summed E-state index contributed by atoms with van der Waals surface area (Å²) in [6.07, 6.45) is 0. The van der Waals surface area contributed by atoms with E-state index in [1.54, 1.807) is 56.5 Å². The first kappa shape index (κ1) is 21.3. The van der Waals surface area contributed by atoms with Crippen molar-refractivity contribution in [2.75, 3.05) is 18.5 Å². The highest BCUT2D eigenvalue weighted by atomic mass is 16.5. The van der Waals surface area contributed by atoms with E-state index in [-0.39, 0.29) is 30.8 Å². The summed E-state index contributed by atoms with van der Waals surface area (Å²) in [7, 11) is 0. The Labute approximate surface area is 174 Å². The van der Waals surface area contributed by atoms with Crippen molar-refractivity contribution < 1.29 is 28.7 Å². The first-order valence-electron chi connectivity index (χ1n) is 9.70. The van der Waals surface area contributed by atoms with E-state index >= 15 is 0 Å². The molecule has 0 spiro atoms. The Morgan fingerprint density at radius 2 is 1.87 bits per heavy atom. The van der Waals surface area contributed by atoms with Crippen LogP contribution in [0.25, 0.3) is 0 Å². The van der Waals surface area contributed by atoms with Crippen molar-refractivity contribution in [3.63, 3.8) is 0 Å². The van der Waals surface area contributed by atoms with Gasteiger partial charge in [-0.15, -0.1) is 0 Å². The molecule has 0 aliphatic carbocycles. The number of carbonyl (C=O) groups is 4. The molecule has 3 rings (SSSR count). The average molecular weight is 412 g/mol. The lowest BCUT2D eigenvalue weighted by Gasteiger charge is -2.10. The quantitative estimate of drug-likeness (QED) is 0.554. The third-order valence-corrected chi connectivity index (χ3v) is 5.21. The van der Waals surface area contributed by atoms with Crippen molar-refractivity contribution in [2.24, 2.45) is 0 Å². The number of hydrogen-bond donors (Lipinski definition) is 1. The summed E-state index contributed by atoms with van der Waals surface area (Å²) in [5.41, 5.74) is 3.53. The second-order valence-electron chi connectivity index (χ2n) is 7.19. The maximum absolute atomic E-state index is 12.4. The van der Waals surface area contributed by atoms with Crippen LogP contribution in [0.2, 0.25) is 0 Å². The van der Waals surface area contributed by atoms with E-state index in [2.05, 4.69) is 5.32 Å². The van der Waals surface area contributed by atoms with Crippen LogP contribution in [0.1, 0.15) is 57.4 Å². The van der Waals surface area contributed by atoms with Crippen LogP contribution in [0.3, 0.4) is 0 Å². The molecule has 0 unspecified atom stereocenters. The largest absolute Gasteiger partial charge is 0.462 e. The third kappa shape index (κ3) is 4.12. The number of nitrogens with zero attached hydrogens (tertiary/aromatic N) is 1. The highest BCUT2D eigenvalue weighted by Crippen LogP contribution is 2.32. The van der Waals surface area contributed by atoms with E-state index in [0.717, 1.165) is 5.56 Å². The van der Waals surface area contributed by atoms with Crippen LogP contribution < -0.4 is 5.32 Å². The normalized spacial score (nSPS) is 14.8. The summed E-state index contributed by atoms with van der Waals surface area (Å²) < 4.78 is 11.8. The molecule has 0 saturated heterocycles. The number of Topliss-reactive ketones (excluding diaryl/α,β-unsaturated/α-hetero) is 1. The molecule has 1 aliphatic heterocycles. The number of anilines is 1. The Kier molecular flexibility index (Phi) is 6.05. The molecule has 1 atom stereocenters. The van der Waals surface area contributed by atoms with Crippen molar-refractivity contribution in [2.45, 2.75) is 40.2 Å². The molecular formula is C22H24N2O6. The zero-order valence-corrected chi connectivity index (χ0v) is 17.4. The number of benzene rings is 1. The van der Waals surface area contributed by atoms with Gasteiger partial charge in [-0.2, -0.15) is 0 Å². The highest BCUT2D eigenvalue weighted by Gasteiger charge is 2.27. The summed E-state index contributed by atoms with van der Waals surface area (Å²) in [5, 5.41) is 2.75. The maximum Gasteiger partial charge on any atom is 0.339 e. The van der Waals surface area contributed by atoms with Gasteiger partial charge >= 0.3 is 11.9 Å². The number of aryl methyl sites for hydroxylation is 1. The van der Waals surface area contributed by atoms with Crippen molar-refractivity contribution in [3.8, 4) is 0 Å². The van der Waals surface area contributed by atoms with Crippen LogP contribution in [-0.2, 0) is 25.6 Å². The minimum atomic E-state index is -0.591. The first-order chi connectivity index (χ1) is 14.2. The number of fused-ring (bicyclic) bond motifs is 1. The van der Waals surface area contributed by atoms with E-state index in [0.29, 0.717) is 28.2 Å². The molecule has 30 heavy (non-hydrogen) atoms. The molecular weight excluding hydrogens is 388 g/mol. The van der Waals surface area contributed by atoms with Gasteiger partial charge in [-0.25, -0.2) is 4.79 Å². The fourth-order valence-electron chi connectivity index (χ4n) is 3.45. The number of aromatic nitrogens is 1. The van der Waals surface area contributed by atoms with Gasteiger partial charge in [0, 0.05) is 22.6 Å². The van der Waals surface area contributed by atoms with Crippen LogP contribution in [-0.4, -0.2) is 41.4 Å². The van der Waals surface area contributed by atoms with Gasteiger partial charge in [-0.3, -0.25) is 14.4 Å². The van der Waals surface area contributed by atoms with Crippen molar-refractivity contribution >= 4 is 29.3 Å². The van der Waals surface area contributed by atoms with Crippen molar-refractivity contribution in [1.82, 2.24) is 4.57 Å². The van der Waals surface area contributed by atoms with Gasteiger partial charge < -0.3 is 19.4 Å². The first-order valence-corrected chi connectivity index (χ1v) is 9.70. The molecule has 0 saturated carbocycles. The maximum atomic E-state index is 12.4. The van der Waals surface area contributed by atoms with Gasteiger partial charge in [-0.1, -0.05) is 0 Å². The minimum Gasteiger partial charge on any atom is -0.462 e. The lowest BCUT2D eigenvalue weighted by molar-refractivity contribution is -0.143. The summed E-state index contributed by atoms with van der Waals surface area (Å²) in [4.78, 5) is 48.4. The number of ether oxygens (including phenoxy) is 2. The number of esters is 2. The predicted molar refractivity (Wildman–Crippen MR) is 109 cm³/mol. The molecule has 2 heterocycles. The van der Waals surface area contributed by atoms with E-state index in [9.17, 15) is 19.2 Å². The van der Waals surface area contributed by atoms with Gasteiger partial charge in [0.2, 0.25) is 5.91 Å². The van der Waals surface area contributed by atoms with Gasteiger partial charge in [-0.05, 0) is 57.5 Å². The van der Waals surface area contributed by atoms with Gasteiger partial charge in [0.1, 0.15) is 6.54 Å². The smallest absolute Gasteiger partial charge is 0.339 e. The SMILES string of the molecule is CCOC(=O)c1cc(C)n(CC(=O)OCC(=O)c2ccc3c(c2)[C@@H](C)C(=O)N3)c1C. The number of amides is 1. The topological polar surface area (TPSA) is 104 Å². The number of ketones is 1. The fourth-order valence-corrected chi connectivity index (χ4v) is 3.45. The molecule has 158 valence electrons. The second-order valence-corrected chi connectivity index (χ2v) is 7.19. The summed E-state index contributed by atoms with van der Waals surface area (Å²) in [6.45, 7) is 6.72. The molecule has 0 bridgehead atoms. The third-order valence-electron chi connectivity index (χ3n) is 5.21. The standard InChI is InChI=1S/C22H24N2O6/c1-5-29-22(28)17-8-12(2)24(14(17)4)10-20(26)30-11-19(25)15-6-7-18-16(9-15)13(3)21(27)23-18/h6-9,13H,5,10-11H2,1-4H3,(H,23,27)/t13-/m1/s1. The summed E-state index contributed by atoms with van der Waals surface area (Å²) in [5.74, 6) is -1.83. The van der Waals surface area contributed by atoms with Crippen LogP contribution in [0, 0.1) is 13.8 Å². The zero-order chi connectivity index (χ0) is 22.0. The number of hydrogen-bond acceptors (Lipinski definition) is 6. The molecule has 1 N–H and O–H groups in total. The fraction of sp³-hybridized carbons (Fsp3) is 0.364. The Morgan fingerprint density at radius 1 is 1.13 bits per heavy atom. The second kappa shape index (κ2) is 8.52. The van der Waals surface area contributed by atoms with Crippen LogP contribution in [0.15, 0.2) is 24.3 Å². The lowest BCUT2D eigenvalue weighted by Crippen LogP contribution is -2.20. The molecule has 8 heteroatoms. The van der Waals surface area contributed by atoms with E-state index in [1.165, 1.54) is 0 Å². The minimum absolute atomic E-state index is 0.110. The number of rotatable bonds is 7. The zero-order valence-electron chi connectivity index (χ0n) is 17.4. The number of carbonyl (C=O) groups excluding carboxylic acids is 4. The van der Waals surface area contributed by atoms with Crippen molar-refractivity contribution in [3.05, 3.63) is 52.3 Å². The molecule has 1 amide bonds. The molecule has 0 fully saturated rings. The molecule has 8 nitrogen and oxygen atoms in total. The highest BCUT2D eigenvalue weighted by molar-refractivity contribution is 6.05. The van der Waals surface area contributed by atoms with Crippen LogP contribution in [0.4, 0.5) is 5.69 Å². The van der Waals surface area contributed by atoms with E-state index in [4.69, 9.17) is 9.47 Å². The Hall–Kier alpha value is -3.42. The lowest BCUT2D eigenvalue weighted by atomic mass is 9.99. The van der Waals surface area contributed by atoms with Crippen molar-refractivity contribution in [1.29, 1.82) is 0 Å². The Morgan fingerprint density at radius 3 is 2.57 bits per heavy atom. The van der Waals surface area contributed by atoms with Crippen LogP contribution >= 0.6 is 0 Å². The summed E-state index contributed by atoms with van der Waals surface area (Å²) in [6, 6.07) is 6.58. The molecule has 0 radical (unpaired) electrons. The van der Waals surface area contributed by atoms with E-state index < -0.39 is 18.5 Å². The molecule has 1 aromatic heterocycles. The average Bonchev–Trinajstić information content (AvgIpc) is 3.16.